The number of alkyl halides is 6. The Morgan fingerprint density at radius 2 is 0.817 bits per heavy atom. The first kappa shape index (κ1) is 124. The van der Waals surface area contributed by atoms with Crippen LogP contribution in [0.25, 0.3) is 0 Å². The second-order valence-electron chi connectivity index (χ2n) is 39.1. The van der Waals surface area contributed by atoms with Crippen LogP contribution in [0.15, 0.2) is 103 Å². The van der Waals surface area contributed by atoms with Crippen LogP contribution in [-0.2, 0) is 87.9 Å². The number of sulfonamides is 2. The average Bonchev–Trinajstić information content (AvgIpc) is 1.61. The SMILES string of the molecule is C=S1(=O)Cc2ccc(C(C)(C)C)cc2C1.CC.CC.CC.CC(C(C)(C)C)C(F)(F)F.CC(C)(C)C(C)(C)C(F)(F)F.CC(C)(C)CN1CCCS1(=O)=O.CC(C)(C)CN1c2ccccc2NS1(=O)=O.CC(C)(C)c1ccccc1.CC(C)(C)c1ccccc1.CN(C)S(=O)(=O)N(C)C.CN(C)S(=O)(=O)N(C)CC(C)(C)C.CN1CCCS1(=O)=O. The molecule has 0 aromatic heterocycles. The fourth-order valence-corrected chi connectivity index (χ4v) is 18.0. The maximum atomic E-state index is 12.3. The number of nitrogens with one attached hydrogen (secondary N) is 1. The molecule has 31 heteroatoms. The Morgan fingerprint density at radius 1 is 0.458 bits per heavy atom. The number of anilines is 2. The Labute approximate surface area is 731 Å². The van der Waals surface area contributed by atoms with Crippen molar-refractivity contribution in [2.75, 3.05) is 110 Å². The molecule has 2 unspecified atom stereocenters. The van der Waals surface area contributed by atoms with E-state index in [9.17, 15) is 72.6 Å². The molecule has 0 radical (unpaired) electrons. The molecule has 19 nitrogen and oxygen atoms in total. The van der Waals surface area contributed by atoms with Crippen molar-refractivity contribution in [3.05, 3.63) is 131 Å². The second kappa shape index (κ2) is 50.2. The minimum atomic E-state index is -4.12. The molecule has 0 amide bonds. The number of rotatable bonds is 7. The van der Waals surface area contributed by atoms with Gasteiger partial charge in [-0.2, -0.15) is 68.8 Å². The first-order valence-electron chi connectivity index (χ1n) is 41.1. The molecular formula is C89H166F6N8O11S6. The molecule has 8 rings (SSSR count). The Bertz CT molecular complexity index is 4190. The van der Waals surface area contributed by atoms with Crippen molar-refractivity contribution in [2.45, 2.75) is 281 Å². The summed E-state index contributed by atoms with van der Waals surface area (Å²) in [7, 11) is -5.07. The van der Waals surface area contributed by atoms with Crippen LogP contribution in [0.5, 0.6) is 0 Å². The highest BCUT2D eigenvalue weighted by molar-refractivity contribution is 7.99. The van der Waals surface area contributed by atoms with Crippen LogP contribution in [-0.4, -0.2) is 191 Å². The van der Waals surface area contributed by atoms with Gasteiger partial charge in [-0.1, -0.05) is 319 Å². The fourth-order valence-electron chi connectivity index (χ4n) is 10.00. The molecule has 4 heterocycles. The standard InChI is InChI=1S/C13H18OS.C11H16N2O2S.2C10H14.C8H15F3.C8H20N2O2S.C8H17NO2S.C7H13F3.C4H12N2O2S.C4H9NO2S.3C2H6/c1-13(2,3)12-6-5-10-8-15(4,14)9-11(10)7-12;1-11(2,3)8-13-10-7-5-4-6-9(10)12-16(13,14)15;2*1-10(2,3)9-7-5-4-6-8-9;1-6(2,3)7(4,5)8(9,10)11;1-8(2,3)7-10(6)13(11,12)9(4)5;1-8(2,3)7-9-5-4-6-12(9,10)11;1-5(6(2,3)4)7(8,9)10;1-5(2)9(7,8)6(3)4;1-5-3-2-4-8(5,6)7;3*1-2/h5-7H,4,8-9H2,1-3H3;4-7,12H,8H2,1-3H3;2*4-8H,1-3H3;1-5H3;7H2,1-6H3;4-7H2,1-3H3;5H,1-4H3;1-4H3;2-4H2,1H3;3*1-2H3. The van der Waals surface area contributed by atoms with E-state index in [-0.39, 0.29) is 21.7 Å². The van der Waals surface area contributed by atoms with Gasteiger partial charge in [0.1, 0.15) is 0 Å². The van der Waals surface area contributed by atoms with Crippen molar-refractivity contribution < 1.29 is 72.6 Å². The third kappa shape index (κ3) is 47.8. The van der Waals surface area contributed by atoms with Crippen LogP contribution in [0.3, 0.4) is 0 Å². The van der Waals surface area contributed by atoms with Gasteiger partial charge in [0.05, 0.1) is 34.2 Å². The first-order valence-corrected chi connectivity index (χ1v) is 50.6. The zero-order valence-electron chi connectivity index (χ0n) is 81.7. The Morgan fingerprint density at radius 3 is 1.07 bits per heavy atom. The van der Waals surface area contributed by atoms with Crippen LogP contribution in [0.1, 0.15) is 269 Å². The van der Waals surface area contributed by atoms with Crippen LogP contribution in [0.4, 0.5) is 37.7 Å². The van der Waals surface area contributed by atoms with Crippen LogP contribution < -0.4 is 9.03 Å². The predicted molar refractivity (Wildman–Crippen MR) is 503 cm³/mol. The third-order valence-electron chi connectivity index (χ3n) is 18.6. The lowest BCUT2D eigenvalue weighted by Gasteiger charge is -2.40. The van der Waals surface area contributed by atoms with E-state index in [0.29, 0.717) is 72.3 Å². The number of para-hydroxylation sites is 2. The van der Waals surface area contributed by atoms with Gasteiger partial charge in [-0.05, 0) is 112 Å². The largest absolute Gasteiger partial charge is 0.394 e. The molecule has 0 saturated carbocycles. The highest BCUT2D eigenvalue weighted by Gasteiger charge is 2.54. The smallest absolute Gasteiger partial charge is 0.267 e. The maximum absolute atomic E-state index is 12.3. The zero-order chi connectivity index (χ0) is 96.7. The van der Waals surface area contributed by atoms with E-state index in [2.05, 4.69) is 173 Å². The summed E-state index contributed by atoms with van der Waals surface area (Å²) in [5.41, 5.74) is 5.64. The molecule has 120 heavy (non-hydrogen) atoms. The summed E-state index contributed by atoms with van der Waals surface area (Å²) in [6.45, 7) is 66.5. The van der Waals surface area contributed by atoms with Gasteiger partial charge in [0.25, 0.3) is 20.4 Å². The number of hydrogen-bond acceptors (Lipinski definition) is 11. The summed E-state index contributed by atoms with van der Waals surface area (Å²) < 4.78 is 209. The van der Waals surface area contributed by atoms with Crippen molar-refractivity contribution in [3.8, 4) is 0 Å². The van der Waals surface area contributed by atoms with E-state index in [4.69, 9.17) is 0 Å². The fraction of sp³-hybridized carbons (Fsp3) is 0.719. The normalized spacial score (nSPS) is 17.3. The molecule has 0 bridgehead atoms. The second-order valence-corrected chi connectivity index (χ2v) is 52.1. The highest BCUT2D eigenvalue weighted by Crippen LogP contribution is 2.50. The molecular weight excluding hydrogens is 1660 g/mol. The summed E-state index contributed by atoms with van der Waals surface area (Å²) in [5, 5.41) is 0. The van der Waals surface area contributed by atoms with E-state index >= 15 is 0 Å². The van der Waals surface area contributed by atoms with Gasteiger partial charge < -0.3 is 0 Å². The minimum absolute atomic E-state index is 0.0160. The van der Waals surface area contributed by atoms with E-state index in [0.717, 1.165) is 27.1 Å². The van der Waals surface area contributed by atoms with Gasteiger partial charge >= 0.3 is 22.6 Å². The molecule has 706 valence electrons. The third-order valence-corrected chi connectivity index (χ3v) is 29.1. The predicted octanol–water partition coefficient (Wildman–Crippen LogP) is 21.7. The maximum Gasteiger partial charge on any atom is 0.394 e. The monoisotopic (exact) mass is 1830 g/mol. The Kier molecular flexibility index (Phi) is 51.9. The number of fused-ring (bicyclic) bond motifs is 2. The zero-order valence-corrected chi connectivity index (χ0v) is 86.6. The molecule has 2 atom stereocenters. The average molecular weight is 1830 g/mol. The molecule has 4 aliphatic heterocycles. The lowest BCUT2D eigenvalue weighted by Crippen LogP contribution is -2.43. The van der Waals surface area contributed by atoms with Crippen molar-refractivity contribution in [2.24, 2.45) is 38.4 Å². The Hall–Kier alpha value is -4.41. The number of hydrogen-bond donors (Lipinski definition) is 1. The van der Waals surface area contributed by atoms with Gasteiger partial charge in [0.15, 0.2) is 0 Å². The summed E-state index contributed by atoms with van der Waals surface area (Å²) in [6, 6.07) is 34.8. The Balaban J connectivity index is -0.000000408. The van der Waals surface area contributed by atoms with E-state index < -0.39 is 94.7 Å². The highest BCUT2D eigenvalue weighted by atomic mass is 32.2. The summed E-state index contributed by atoms with van der Waals surface area (Å²) in [5.74, 6) is 4.56. The van der Waals surface area contributed by atoms with Gasteiger partial charge in [0, 0.05) is 101 Å². The van der Waals surface area contributed by atoms with Gasteiger partial charge in [0.2, 0.25) is 20.0 Å². The summed E-state index contributed by atoms with van der Waals surface area (Å²) >= 11 is 0. The van der Waals surface area contributed by atoms with Gasteiger partial charge in [-0.3, -0.25) is 13.2 Å². The van der Waals surface area contributed by atoms with E-state index in [1.165, 1.54) is 108 Å². The number of halogens is 6. The van der Waals surface area contributed by atoms with E-state index in [1.54, 1.807) is 66.0 Å². The molecule has 2 saturated heterocycles. The van der Waals surface area contributed by atoms with Gasteiger partial charge in [-0.25, -0.2) is 25.4 Å². The van der Waals surface area contributed by atoms with Crippen molar-refractivity contribution in [1.82, 2.24) is 25.8 Å². The lowest BCUT2D eigenvalue weighted by molar-refractivity contribution is -0.243. The van der Waals surface area contributed by atoms with E-state index in [1.807, 2.05) is 101 Å². The van der Waals surface area contributed by atoms with Crippen molar-refractivity contribution in [3.63, 3.8) is 0 Å². The van der Waals surface area contributed by atoms with Crippen LogP contribution in [0, 0.1) is 38.4 Å². The van der Waals surface area contributed by atoms with Crippen molar-refractivity contribution in [1.29, 1.82) is 0 Å². The lowest BCUT2D eigenvalue weighted by atomic mass is 9.69. The van der Waals surface area contributed by atoms with Gasteiger partial charge in [-0.15, -0.1) is 0 Å². The molecule has 2 fully saturated rings. The number of benzene rings is 4. The minimum Gasteiger partial charge on any atom is -0.267 e. The molecule has 4 aromatic rings. The molecule has 4 aromatic carbocycles. The van der Waals surface area contributed by atoms with Crippen molar-refractivity contribution >= 4 is 77.4 Å². The first-order chi connectivity index (χ1) is 53.3. The summed E-state index contributed by atoms with van der Waals surface area (Å²) in [6.07, 6.45) is -6.60. The topological polar surface area (TPSA) is 222 Å². The molecule has 1 N–H and O–H groups in total. The van der Waals surface area contributed by atoms with Crippen LogP contribution in [0.2, 0.25) is 0 Å². The quantitative estimate of drug-likeness (QED) is 0.135. The number of nitrogens with zero attached hydrogens (tertiary/aromatic N) is 7. The summed E-state index contributed by atoms with van der Waals surface area (Å²) in [4.78, 5) is 0. The molecule has 0 spiro atoms. The molecule has 4 aliphatic rings. The van der Waals surface area contributed by atoms with Crippen LogP contribution >= 0.6 is 0 Å². The molecule has 0 aliphatic carbocycles.